The van der Waals surface area contributed by atoms with Crippen LogP contribution in [0.25, 0.3) is 10.8 Å². The lowest BCUT2D eigenvalue weighted by Crippen LogP contribution is -2.44. The van der Waals surface area contributed by atoms with Gasteiger partial charge in [-0.05, 0) is 37.1 Å². The van der Waals surface area contributed by atoms with Gasteiger partial charge in [-0.25, -0.2) is 4.98 Å². The molecule has 1 aromatic carbocycles. The molecule has 0 N–H and O–H groups in total. The van der Waals surface area contributed by atoms with E-state index in [1.165, 1.54) is 0 Å². The molecule has 1 aromatic heterocycles. The molecular formula is C17H19ClN2O. The SMILES string of the molecule is CC1CCN(C(=O)c2cc3ccccc3c(Cl)n2)C(C)C1. The molecule has 2 unspecified atom stereocenters. The second kappa shape index (κ2) is 5.64. The number of amides is 1. The highest BCUT2D eigenvalue weighted by molar-refractivity contribution is 6.34. The summed E-state index contributed by atoms with van der Waals surface area (Å²) in [5, 5.41) is 2.24. The van der Waals surface area contributed by atoms with Crippen LogP contribution in [0.15, 0.2) is 30.3 Å². The Balaban J connectivity index is 1.94. The summed E-state index contributed by atoms with van der Waals surface area (Å²) >= 11 is 6.22. The first-order valence-electron chi connectivity index (χ1n) is 7.42. The molecule has 4 heteroatoms. The first kappa shape index (κ1) is 14.3. The molecule has 3 rings (SSSR count). The molecule has 0 spiro atoms. The van der Waals surface area contributed by atoms with Crippen molar-refractivity contribution in [1.29, 1.82) is 0 Å². The minimum atomic E-state index is -0.0120. The van der Waals surface area contributed by atoms with E-state index in [1.807, 2.05) is 35.2 Å². The lowest BCUT2D eigenvalue weighted by molar-refractivity contribution is 0.0583. The highest BCUT2D eigenvalue weighted by Gasteiger charge is 2.28. The van der Waals surface area contributed by atoms with Gasteiger partial charge < -0.3 is 4.90 Å². The van der Waals surface area contributed by atoms with Crippen LogP contribution in [-0.4, -0.2) is 28.4 Å². The maximum absolute atomic E-state index is 12.7. The standard InChI is InChI=1S/C17H19ClN2O/c1-11-7-8-20(12(2)9-11)17(21)15-10-13-5-3-4-6-14(13)16(18)19-15/h3-6,10-12H,7-9H2,1-2H3. The minimum Gasteiger partial charge on any atom is -0.335 e. The number of rotatable bonds is 1. The van der Waals surface area contributed by atoms with E-state index >= 15 is 0 Å². The number of hydrogen-bond donors (Lipinski definition) is 0. The number of hydrogen-bond acceptors (Lipinski definition) is 2. The number of nitrogens with zero attached hydrogens (tertiary/aromatic N) is 2. The van der Waals surface area contributed by atoms with Crippen LogP contribution in [0.4, 0.5) is 0 Å². The highest BCUT2D eigenvalue weighted by Crippen LogP contribution is 2.26. The normalized spacial score (nSPS) is 22.5. The van der Waals surface area contributed by atoms with Crippen molar-refractivity contribution in [3.05, 3.63) is 41.2 Å². The van der Waals surface area contributed by atoms with E-state index in [-0.39, 0.29) is 11.9 Å². The third kappa shape index (κ3) is 2.75. The van der Waals surface area contributed by atoms with Gasteiger partial charge in [0.1, 0.15) is 10.8 Å². The number of halogens is 1. The van der Waals surface area contributed by atoms with Gasteiger partial charge in [0.2, 0.25) is 0 Å². The Bertz CT molecular complexity index is 686. The van der Waals surface area contributed by atoms with E-state index < -0.39 is 0 Å². The fraction of sp³-hybridized carbons (Fsp3) is 0.412. The smallest absolute Gasteiger partial charge is 0.272 e. The molecular weight excluding hydrogens is 284 g/mol. The van der Waals surface area contributed by atoms with Crippen LogP contribution in [0, 0.1) is 5.92 Å². The van der Waals surface area contributed by atoms with Crippen molar-refractivity contribution < 1.29 is 4.79 Å². The van der Waals surface area contributed by atoms with Crippen LogP contribution in [0.5, 0.6) is 0 Å². The summed E-state index contributed by atoms with van der Waals surface area (Å²) < 4.78 is 0. The molecule has 2 atom stereocenters. The Morgan fingerprint density at radius 1 is 1.33 bits per heavy atom. The second-order valence-corrected chi connectivity index (χ2v) is 6.35. The topological polar surface area (TPSA) is 33.2 Å². The fourth-order valence-corrected chi connectivity index (χ4v) is 3.39. The van der Waals surface area contributed by atoms with Crippen LogP contribution >= 0.6 is 11.6 Å². The molecule has 1 saturated heterocycles. The van der Waals surface area contributed by atoms with E-state index in [0.29, 0.717) is 16.8 Å². The monoisotopic (exact) mass is 302 g/mol. The molecule has 1 amide bonds. The molecule has 0 aliphatic carbocycles. The molecule has 3 nitrogen and oxygen atoms in total. The van der Waals surface area contributed by atoms with Gasteiger partial charge in [-0.15, -0.1) is 0 Å². The molecule has 1 aliphatic heterocycles. The van der Waals surface area contributed by atoms with Crippen LogP contribution in [-0.2, 0) is 0 Å². The van der Waals surface area contributed by atoms with Crippen molar-refractivity contribution in [3.8, 4) is 0 Å². The van der Waals surface area contributed by atoms with E-state index in [2.05, 4.69) is 18.8 Å². The van der Waals surface area contributed by atoms with Crippen molar-refractivity contribution in [2.24, 2.45) is 5.92 Å². The second-order valence-electron chi connectivity index (χ2n) is 6.00. The molecule has 0 bridgehead atoms. The highest BCUT2D eigenvalue weighted by atomic mass is 35.5. The summed E-state index contributed by atoms with van der Waals surface area (Å²) in [5.41, 5.74) is 0.445. The van der Waals surface area contributed by atoms with Crippen molar-refractivity contribution in [2.75, 3.05) is 6.54 Å². The Kier molecular flexibility index (Phi) is 3.85. The zero-order chi connectivity index (χ0) is 15.0. The number of benzene rings is 1. The molecule has 1 fully saturated rings. The molecule has 1 aliphatic rings. The van der Waals surface area contributed by atoms with Gasteiger partial charge >= 0.3 is 0 Å². The van der Waals surface area contributed by atoms with E-state index in [0.717, 1.165) is 30.2 Å². The number of fused-ring (bicyclic) bond motifs is 1. The summed E-state index contributed by atoms with van der Waals surface area (Å²) in [6, 6.07) is 9.84. The first-order valence-corrected chi connectivity index (χ1v) is 7.80. The van der Waals surface area contributed by atoms with E-state index in [4.69, 9.17) is 11.6 Å². The number of likely N-dealkylation sites (tertiary alicyclic amines) is 1. The van der Waals surface area contributed by atoms with Gasteiger partial charge in [0.15, 0.2) is 0 Å². The minimum absolute atomic E-state index is 0.0120. The van der Waals surface area contributed by atoms with E-state index in [1.54, 1.807) is 0 Å². The predicted octanol–water partition coefficient (Wildman–Crippen LogP) is 4.15. The Morgan fingerprint density at radius 2 is 2.10 bits per heavy atom. The zero-order valence-electron chi connectivity index (χ0n) is 12.3. The molecule has 2 heterocycles. The van der Waals surface area contributed by atoms with Crippen molar-refractivity contribution in [3.63, 3.8) is 0 Å². The molecule has 0 saturated carbocycles. The van der Waals surface area contributed by atoms with Crippen molar-refractivity contribution >= 4 is 28.3 Å². The fourth-order valence-electron chi connectivity index (χ4n) is 3.12. The van der Waals surface area contributed by atoms with Crippen molar-refractivity contribution in [1.82, 2.24) is 9.88 Å². The third-order valence-corrected chi connectivity index (χ3v) is 4.60. The van der Waals surface area contributed by atoms with Gasteiger partial charge in [-0.3, -0.25) is 4.79 Å². The largest absolute Gasteiger partial charge is 0.335 e. The molecule has 2 aromatic rings. The Labute approximate surface area is 129 Å². The van der Waals surface area contributed by atoms with Crippen LogP contribution in [0.3, 0.4) is 0 Å². The lowest BCUT2D eigenvalue weighted by Gasteiger charge is -2.36. The maximum atomic E-state index is 12.7. The number of carbonyl (C=O) groups is 1. The van der Waals surface area contributed by atoms with Gasteiger partial charge in [0, 0.05) is 18.0 Å². The summed E-state index contributed by atoms with van der Waals surface area (Å²) in [4.78, 5) is 18.9. The number of pyridine rings is 1. The van der Waals surface area contributed by atoms with Gasteiger partial charge in [-0.1, -0.05) is 42.8 Å². The maximum Gasteiger partial charge on any atom is 0.272 e. The van der Waals surface area contributed by atoms with Gasteiger partial charge in [-0.2, -0.15) is 0 Å². The van der Waals surface area contributed by atoms with Crippen LogP contribution in [0.1, 0.15) is 37.2 Å². The molecule has 110 valence electrons. The summed E-state index contributed by atoms with van der Waals surface area (Å²) in [5.74, 6) is 0.666. The lowest BCUT2D eigenvalue weighted by atomic mass is 9.93. The molecule has 21 heavy (non-hydrogen) atoms. The third-order valence-electron chi connectivity index (χ3n) is 4.31. The summed E-state index contributed by atoms with van der Waals surface area (Å²) in [6.07, 6.45) is 2.10. The molecule has 0 radical (unpaired) electrons. The van der Waals surface area contributed by atoms with E-state index in [9.17, 15) is 4.79 Å². The first-order chi connectivity index (χ1) is 10.1. The summed E-state index contributed by atoms with van der Waals surface area (Å²) in [6.45, 7) is 5.15. The summed E-state index contributed by atoms with van der Waals surface area (Å²) in [7, 11) is 0. The Hall–Kier alpha value is -1.61. The number of aromatic nitrogens is 1. The predicted molar refractivity (Wildman–Crippen MR) is 85.6 cm³/mol. The van der Waals surface area contributed by atoms with Crippen molar-refractivity contribution in [2.45, 2.75) is 32.7 Å². The Morgan fingerprint density at radius 3 is 2.86 bits per heavy atom. The zero-order valence-corrected chi connectivity index (χ0v) is 13.1. The quantitative estimate of drug-likeness (QED) is 0.741. The van der Waals surface area contributed by atoms with Crippen LogP contribution in [0.2, 0.25) is 5.15 Å². The average molecular weight is 303 g/mol. The average Bonchev–Trinajstić information content (AvgIpc) is 2.46. The van der Waals surface area contributed by atoms with Crippen LogP contribution < -0.4 is 0 Å². The number of piperidine rings is 1. The van der Waals surface area contributed by atoms with Gasteiger partial charge in [0.25, 0.3) is 5.91 Å². The number of carbonyl (C=O) groups excluding carboxylic acids is 1. The van der Waals surface area contributed by atoms with Gasteiger partial charge in [0.05, 0.1) is 0 Å².